The summed E-state index contributed by atoms with van der Waals surface area (Å²) in [6, 6.07) is 1.73. The second-order valence-electron chi connectivity index (χ2n) is 4.83. The van der Waals surface area contributed by atoms with Gasteiger partial charge in [-0.05, 0) is 32.1 Å². The first-order chi connectivity index (χ1) is 9.76. The van der Waals surface area contributed by atoms with Crippen LogP contribution in [0.1, 0.15) is 20.3 Å². The van der Waals surface area contributed by atoms with Gasteiger partial charge in [-0.2, -0.15) is 5.26 Å². The highest BCUT2D eigenvalue weighted by atomic mass is 32.1. The van der Waals surface area contributed by atoms with Crippen molar-refractivity contribution in [1.29, 1.82) is 5.26 Å². The van der Waals surface area contributed by atoms with Crippen molar-refractivity contribution in [3.63, 3.8) is 0 Å². The van der Waals surface area contributed by atoms with Crippen LogP contribution < -0.4 is 10.6 Å². The Morgan fingerprint density at radius 3 is 2.62 bits per heavy atom. The van der Waals surface area contributed by atoms with Gasteiger partial charge in [-0.25, -0.2) is 4.79 Å². The molecule has 0 saturated carbocycles. The Bertz CT molecular complexity index is 574. The molecule has 1 aliphatic heterocycles. The molecule has 0 radical (unpaired) electrons. The van der Waals surface area contributed by atoms with E-state index in [1.54, 1.807) is 19.9 Å². The molecule has 1 rings (SSSR count). The van der Waals surface area contributed by atoms with Crippen molar-refractivity contribution >= 4 is 35.0 Å². The molecule has 0 spiro atoms. The Morgan fingerprint density at radius 2 is 2.14 bits per heavy atom. The predicted octanol–water partition coefficient (Wildman–Crippen LogP) is -0.0323. The molecule has 8 heteroatoms. The molecule has 112 valence electrons. The number of amides is 1. The Kier molecular flexibility index (Phi) is 5.16. The standard InChI is InChI=1S/C13H15N3O4S/c1-7(2)4-8(17)5-13(11(19)20-3)9(6-14)10(18)15-12(21)16-13/h4,9H,5H2,1-3H3,(H2,15,16,18,21)/t9-,13-/m0/s1. The summed E-state index contributed by atoms with van der Waals surface area (Å²) in [5.41, 5.74) is -1.08. The summed E-state index contributed by atoms with van der Waals surface area (Å²) in [6.07, 6.45) is 0.924. The van der Waals surface area contributed by atoms with Crippen LogP contribution in [0.5, 0.6) is 0 Å². The minimum Gasteiger partial charge on any atom is -0.467 e. The lowest BCUT2D eigenvalue weighted by atomic mass is 9.78. The van der Waals surface area contributed by atoms with Crippen LogP contribution in [-0.4, -0.2) is 35.4 Å². The number of ketones is 1. The van der Waals surface area contributed by atoms with E-state index < -0.39 is 35.5 Å². The van der Waals surface area contributed by atoms with Crippen molar-refractivity contribution in [3.8, 4) is 6.07 Å². The number of allylic oxidation sites excluding steroid dienone is 2. The fraction of sp³-hybridized carbons (Fsp3) is 0.462. The largest absolute Gasteiger partial charge is 0.467 e. The summed E-state index contributed by atoms with van der Waals surface area (Å²) in [7, 11) is 1.11. The smallest absolute Gasteiger partial charge is 0.334 e. The number of carbonyl (C=O) groups excluding carboxylic acids is 3. The highest BCUT2D eigenvalue weighted by Gasteiger charge is 2.55. The average Bonchev–Trinajstić information content (AvgIpc) is 2.35. The van der Waals surface area contributed by atoms with Crippen molar-refractivity contribution in [3.05, 3.63) is 11.6 Å². The van der Waals surface area contributed by atoms with Gasteiger partial charge in [0.2, 0.25) is 5.91 Å². The fourth-order valence-corrected chi connectivity index (χ4v) is 2.38. The molecule has 0 unspecified atom stereocenters. The van der Waals surface area contributed by atoms with Gasteiger partial charge in [-0.1, -0.05) is 5.57 Å². The van der Waals surface area contributed by atoms with Gasteiger partial charge < -0.3 is 15.4 Å². The maximum absolute atomic E-state index is 12.1. The summed E-state index contributed by atoms with van der Waals surface area (Å²) in [5.74, 6) is -3.46. The highest BCUT2D eigenvalue weighted by molar-refractivity contribution is 7.80. The Labute approximate surface area is 127 Å². The van der Waals surface area contributed by atoms with Gasteiger partial charge in [0.15, 0.2) is 22.4 Å². The normalized spacial score (nSPS) is 24.2. The lowest BCUT2D eigenvalue weighted by Gasteiger charge is -2.38. The van der Waals surface area contributed by atoms with Crippen LogP contribution >= 0.6 is 12.2 Å². The van der Waals surface area contributed by atoms with E-state index in [1.807, 2.05) is 0 Å². The molecule has 1 aliphatic rings. The molecule has 2 atom stereocenters. The predicted molar refractivity (Wildman–Crippen MR) is 76.8 cm³/mol. The van der Waals surface area contributed by atoms with E-state index in [0.717, 1.165) is 12.7 Å². The molecule has 1 saturated heterocycles. The molecule has 1 amide bonds. The third kappa shape index (κ3) is 3.44. The number of methoxy groups -OCH3 is 1. The molecular formula is C13H15N3O4S. The average molecular weight is 309 g/mol. The summed E-state index contributed by atoms with van der Waals surface area (Å²) in [4.78, 5) is 36.0. The SMILES string of the molecule is COC(=O)[C@@]1(CC(=O)C=C(C)C)NC(=S)NC(=O)[C@@H]1C#N. The maximum atomic E-state index is 12.1. The number of hydrogen-bond donors (Lipinski definition) is 2. The van der Waals surface area contributed by atoms with Gasteiger partial charge in [0, 0.05) is 6.42 Å². The third-order valence-corrected chi connectivity index (χ3v) is 3.11. The van der Waals surface area contributed by atoms with E-state index >= 15 is 0 Å². The minimum atomic E-state index is -1.81. The van der Waals surface area contributed by atoms with Crippen molar-refractivity contribution in [2.75, 3.05) is 7.11 Å². The Balaban J connectivity index is 3.30. The van der Waals surface area contributed by atoms with Gasteiger partial charge in [-0.15, -0.1) is 0 Å². The van der Waals surface area contributed by atoms with E-state index in [1.165, 1.54) is 6.08 Å². The van der Waals surface area contributed by atoms with E-state index in [-0.39, 0.29) is 5.11 Å². The molecular weight excluding hydrogens is 294 g/mol. The number of nitrogens with one attached hydrogen (secondary N) is 2. The molecule has 1 heterocycles. The number of thiocarbonyl (C=S) groups is 1. The second-order valence-corrected chi connectivity index (χ2v) is 5.24. The zero-order chi connectivity index (χ0) is 16.2. The molecule has 21 heavy (non-hydrogen) atoms. The molecule has 0 aromatic carbocycles. The van der Waals surface area contributed by atoms with Crippen molar-refractivity contribution in [2.45, 2.75) is 25.8 Å². The zero-order valence-electron chi connectivity index (χ0n) is 11.9. The second kappa shape index (κ2) is 6.45. The van der Waals surface area contributed by atoms with Crippen LogP contribution in [0.15, 0.2) is 11.6 Å². The van der Waals surface area contributed by atoms with Crippen LogP contribution in [0.4, 0.5) is 0 Å². The lowest BCUT2D eigenvalue weighted by molar-refractivity contribution is -0.154. The maximum Gasteiger partial charge on any atom is 0.334 e. The number of nitriles is 1. The van der Waals surface area contributed by atoms with Crippen molar-refractivity contribution < 1.29 is 19.1 Å². The Morgan fingerprint density at radius 1 is 1.52 bits per heavy atom. The first-order valence-electron chi connectivity index (χ1n) is 6.05. The third-order valence-electron chi connectivity index (χ3n) is 2.91. The van der Waals surface area contributed by atoms with Crippen LogP contribution in [-0.2, 0) is 19.1 Å². The lowest BCUT2D eigenvalue weighted by Crippen LogP contribution is -2.70. The molecule has 0 aliphatic carbocycles. The van der Waals surface area contributed by atoms with Gasteiger partial charge >= 0.3 is 5.97 Å². The van der Waals surface area contributed by atoms with Gasteiger partial charge in [0.05, 0.1) is 13.2 Å². The van der Waals surface area contributed by atoms with Crippen molar-refractivity contribution in [1.82, 2.24) is 10.6 Å². The summed E-state index contributed by atoms with van der Waals surface area (Å²) >= 11 is 4.85. The number of ether oxygens (including phenoxy) is 1. The van der Waals surface area contributed by atoms with Crippen LogP contribution in [0.3, 0.4) is 0 Å². The quantitative estimate of drug-likeness (QED) is 0.426. The van der Waals surface area contributed by atoms with E-state index in [4.69, 9.17) is 12.2 Å². The van der Waals surface area contributed by atoms with Gasteiger partial charge in [-0.3, -0.25) is 9.59 Å². The number of nitrogens with zero attached hydrogens (tertiary/aromatic N) is 1. The van der Waals surface area contributed by atoms with E-state index in [2.05, 4.69) is 15.4 Å². The Hall–Kier alpha value is -2.27. The molecule has 0 aromatic heterocycles. The molecule has 2 N–H and O–H groups in total. The summed E-state index contributed by atoms with van der Waals surface area (Å²) in [6.45, 7) is 3.44. The summed E-state index contributed by atoms with van der Waals surface area (Å²) < 4.78 is 4.66. The van der Waals surface area contributed by atoms with Crippen LogP contribution in [0, 0.1) is 17.2 Å². The minimum absolute atomic E-state index is 0.123. The number of rotatable bonds is 4. The fourth-order valence-electron chi connectivity index (χ4n) is 2.10. The van der Waals surface area contributed by atoms with Crippen molar-refractivity contribution in [2.24, 2.45) is 5.92 Å². The molecule has 7 nitrogen and oxygen atoms in total. The van der Waals surface area contributed by atoms with Crippen LogP contribution in [0.2, 0.25) is 0 Å². The first-order valence-corrected chi connectivity index (χ1v) is 6.46. The number of carbonyl (C=O) groups is 3. The molecule has 0 bridgehead atoms. The van der Waals surface area contributed by atoms with Gasteiger partial charge in [0.25, 0.3) is 0 Å². The number of hydrogen-bond acceptors (Lipinski definition) is 6. The summed E-state index contributed by atoms with van der Waals surface area (Å²) in [5, 5.41) is 13.9. The van der Waals surface area contributed by atoms with E-state index in [0.29, 0.717) is 0 Å². The topological polar surface area (TPSA) is 108 Å². The number of esters is 1. The zero-order valence-corrected chi connectivity index (χ0v) is 12.7. The van der Waals surface area contributed by atoms with Gasteiger partial charge in [0.1, 0.15) is 0 Å². The highest BCUT2D eigenvalue weighted by Crippen LogP contribution is 2.27. The van der Waals surface area contributed by atoms with E-state index in [9.17, 15) is 19.6 Å². The molecule has 0 aromatic rings. The monoisotopic (exact) mass is 309 g/mol. The molecule has 1 fully saturated rings. The van der Waals surface area contributed by atoms with Crippen LogP contribution in [0.25, 0.3) is 0 Å². The first kappa shape index (κ1) is 16.8.